The van der Waals surface area contributed by atoms with Crippen LogP contribution in [0.3, 0.4) is 0 Å². The molecule has 114 valence electrons. The van der Waals surface area contributed by atoms with E-state index in [1.807, 2.05) is 37.3 Å². The van der Waals surface area contributed by atoms with Gasteiger partial charge in [0.2, 0.25) is 5.91 Å². The number of hydrogen-bond acceptors (Lipinski definition) is 2. The van der Waals surface area contributed by atoms with Crippen molar-refractivity contribution in [2.75, 3.05) is 0 Å². The molecular formula is C16H27ClN2O. The van der Waals surface area contributed by atoms with Crippen LogP contribution in [0.25, 0.3) is 0 Å². The van der Waals surface area contributed by atoms with E-state index in [2.05, 4.69) is 26.1 Å². The van der Waals surface area contributed by atoms with Gasteiger partial charge >= 0.3 is 0 Å². The van der Waals surface area contributed by atoms with Crippen LogP contribution in [0.15, 0.2) is 30.3 Å². The molecule has 0 aliphatic heterocycles. The summed E-state index contributed by atoms with van der Waals surface area (Å²) in [5, 5.41) is 3.09. The quantitative estimate of drug-likeness (QED) is 0.875. The van der Waals surface area contributed by atoms with Gasteiger partial charge in [0, 0.05) is 0 Å². The zero-order valence-electron chi connectivity index (χ0n) is 12.8. The summed E-state index contributed by atoms with van der Waals surface area (Å²) in [4.78, 5) is 12.1. The maximum absolute atomic E-state index is 12.1. The Morgan fingerprint density at radius 2 is 1.80 bits per heavy atom. The van der Waals surface area contributed by atoms with Gasteiger partial charge in [-0.25, -0.2) is 0 Å². The lowest BCUT2D eigenvalue weighted by molar-refractivity contribution is -0.124. The van der Waals surface area contributed by atoms with Crippen LogP contribution in [0.4, 0.5) is 0 Å². The summed E-state index contributed by atoms with van der Waals surface area (Å²) in [5.41, 5.74) is 6.95. The average molecular weight is 299 g/mol. The summed E-state index contributed by atoms with van der Waals surface area (Å²) in [7, 11) is 0. The maximum atomic E-state index is 12.1. The zero-order valence-corrected chi connectivity index (χ0v) is 13.7. The van der Waals surface area contributed by atoms with E-state index in [1.54, 1.807) is 0 Å². The number of benzene rings is 1. The van der Waals surface area contributed by atoms with Gasteiger partial charge in [0.1, 0.15) is 0 Å². The van der Waals surface area contributed by atoms with Gasteiger partial charge in [0.25, 0.3) is 0 Å². The largest absolute Gasteiger partial charge is 0.347 e. The third-order valence-electron chi connectivity index (χ3n) is 3.22. The number of nitrogens with one attached hydrogen (secondary N) is 1. The minimum atomic E-state index is -0.418. The molecule has 0 aliphatic carbocycles. The van der Waals surface area contributed by atoms with E-state index in [4.69, 9.17) is 5.73 Å². The first-order valence-electron chi connectivity index (χ1n) is 6.97. The first-order valence-corrected chi connectivity index (χ1v) is 6.97. The third-order valence-corrected chi connectivity index (χ3v) is 3.22. The molecule has 0 saturated heterocycles. The molecule has 0 radical (unpaired) electrons. The lowest BCUT2D eigenvalue weighted by Gasteiger charge is -2.32. The number of halogens is 1. The van der Waals surface area contributed by atoms with Crippen molar-refractivity contribution in [2.45, 2.75) is 52.6 Å². The van der Waals surface area contributed by atoms with Gasteiger partial charge in [-0.2, -0.15) is 0 Å². The molecule has 1 rings (SSSR count). The Bertz CT molecular complexity index is 401. The van der Waals surface area contributed by atoms with E-state index >= 15 is 0 Å². The van der Waals surface area contributed by atoms with Crippen molar-refractivity contribution in [3.05, 3.63) is 35.9 Å². The molecule has 0 aliphatic rings. The molecule has 1 aromatic carbocycles. The second-order valence-corrected chi connectivity index (χ2v) is 6.11. The Balaban J connectivity index is 0.00000361. The van der Waals surface area contributed by atoms with E-state index in [9.17, 15) is 4.79 Å². The van der Waals surface area contributed by atoms with Crippen molar-refractivity contribution in [1.82, 2.24) is 5.32 Å². The molecule has 1 amide bonds. The first kappa shape index (κ1) is 18.9. The average Bonchev–Trinajstić information content (AvgIpc) is 2.35. The van der Waals surface area contributed by atoms with Crippen molar-refractivity contribution in [2.24, 2.45) is 11.1 Å². The van der Waals surface area contributed by atoms with Crippen molar-refractivity contribution in [3.63, 3.8) is 0 Å². The molecule has 0 saturated carbocycles. The van der Waals surface area contributed by atoms with E-state index < -0.39 is 6.04 Å². The molecule has 3 nitrogen and oxygen atoms in total. The Hall–Kier alpha value is -1.06. The van der Waals surface area contributed by atoms with Crippen LogP contribution < -0.4 is 11.1 Å². The number of rotatable bonds is 5. The highest BCUT2D eigenvalue weighted by atomic mass is 35.5. The normalized spacial score (nSPS) is 14.1. The van der Waals surface area contributed by atoms with Gasteiger partial charge in [-0.3, -0.25) is 4.79 Å². The first-order chi connectivity index (χ1) is 8.86. The Kier molecular flexibility index (Phi) is 7.84. The fraction of sp³-hybridized carbons (Fsp3) is 0.562. The number of carbonyl (C=O) groups excluding carboxylic acids is 1. The minimum absolute atomic E-state index is 0. The Morgan fingerprint density at radius 1 is 1.25 bits per heavy atom. The maximum Gasteiger partial charge on any atom is 0.237 e. The van der Waals surface area contributed by atoms with Crippen molar-refractivity contribution >= 4 is 18.3 Å². The fourth-order valence-corrected chi connectivity index (χ4v) is 2.14. The summed E-state index contributed by atoms with van der Waals surface area (Å²) in [5.74, 6) is -0.0642. The summed E-state index contributed by atoms with van der Waals surface area (Å²) in [6, 6.07) is 9.61. The van der Waals surface area contributed by atoms with Gasteiger partial charge in [0.05, 0.1) is 12.1 Å². The highest BCUT2D eigenvalue weighted by Crippen LogP contribution is 2.32. The summed E-state index contributed by atoms with van der Waals surface area (Å²) in [6.07, 6.45) is 1.64. The van der Waals surface area contributed by atoms with Gasteiger partial charge in [-0.05, 0) is 17.4 Å². The molecule has 20 heavy (non-hydrogen) atoms. The molecule has 0 heterocycles. The number of nitrogens with two attached hydrogens (primary N) is 1. The van der Waals surface area contributed by atoms with E-state index in [1.165, 1.54) is 0 Å². The predicted molar refractivity (Wildman–Crippen MR) is 86.9 cm³/mol. The van der Waals surface area contributed by atoms with Crippen molar-refractivity contribution in [3.8, 4) is 0 Å². The molecule has 2 unspecified atom stereocenters. The Labute approximate surface area is 128 Å². The molecule has 0 spiro atoms. The van der Waals surface area contributed by atoms with Crippen molar-refractivity contribution in [1.29, 1.82) is 0 Å². The van der Waals surface area contributed by atoms with Gasteiger partial charge in [-0.15, -0.1) is 12.4 Å². The highest BCUT2D eigenvalue weighted by molar-refractivity contribution is 5.85. The molecule has 1 aromatic rings. The number of amides is 1. The van der Waals surface area contributed by atoms with Crippen molar-refractivity contribution < 1.29 is 4.79 Å². The second-order valence-electron chi connectivity index (χ2n) is 6.11. The predicted octanol–water partition coefficient (Wildman–Crippen LogP) is 3.44. The van der Waals surface area contributed by atoms with E-state index in [-0.39, 0.29) is 29.8 Å². The summed E-state index contributed by atoms with van der Waals surface area (Å²) in [6.45, 7) is 8.40. The molecule has 2 atom stereocenters. The second kappa shape index (κ2) is 8.28. The van der Waals surface area contributed by atoms with Crippen LogP contribution in [0, 0.1) is 5.41 Å². The fourth-order valence-electron chi connectivity index (χ4n) is 2.14. The summed E-state index contributed by atoms with van der Waals surface area (Å²) < 4.78 is 0. The van der Waals surface area contributed by atoms with Crippen LogP contribution >= 0.6 is 12.4 Å². The van der Waals surface area contributed by atoms with Crippen LogP contribution in [0.1, 0.15) is 52.1 Å². The highest BCUT2D eigenvalue weighted by Gasteiger charge is 2.28. The number of hydrogen-bond donors (Lipinski definition) is 2. The number of carbonyl (C=O) groups is 1. The van der Waals surface area contributed by atoms with Crippen LogP contribution in [-0.4, -0.2) is 11.9 Å². The van der Waals surface area contributed by atoms with E-state index in [0.717, 1.165) is 18.4 Å². The minimum Gasteiger partial charge on any atom is -0.347 e. The lowest BCUT2D eigenvalue weighted by Crippen LogP contribution is -2.45. The smallest absolute Gasteiger partial charge is 0.237 e. The molecule has 0 fully saturated rings. The topological polar surface area (TPSA) is 55.1 Å². The van der Waals surface area contributed by atoms with Crippen LogP contribution in [-0.2, 0) is 4.79 Å². The molecule has 3 N–H and O–H groups in total. The standard InChI is InChI=1S/C16H26N2O.ClH/c1-5-9-13(17)15(19)18-14(16(2,3)4)12-10-7-6-8-11-12;/h6-8,10-11,13-14H,5,9,17H2,1-4H3,(H,18,19);1H. The van der Waals surface area contributed by atoms with Gasteiger partial charge in [-0.1, -0.05) is 64.4 Å². The lowest BCUT2D eigenvalue weighted by atomic mass is 9.82. The summed E-state index contributed by atoms with van der Waals surface area (Å²) >= 11 is 0. The Morgan fingerprint density at radius 3 is 2.25 bits per heavy atom. The third kappa shape index (κ3) is 5.51. The molecular weight excluding hydrogens is 272 g/mol. The molecule has 4 heteroatoms. The monoisotopic (exact) mass is 298 g/mol. The SMILES string of the molecule is CCCC(N)C(=O)NC(c1ccccc1)C(C)(C)C.Cl. The van der Waals surface area contributed by atoms with Gasteiger partial charge in [0.15, 0.2) is 0 Å². The molecule has 0 bridgehead atoms. The van der Waals surface area contributed by atoms with Crippen LogP contribution in [0.5, 0.6) is 0 Å². The zero-order chi connectivity index (χ0) is 14.5. The van der Waals surface area contributed by atoms with Crippen LogP contribution in [0.2, 0.25) is 0 Å². The van der Waals surface area contributed by atoms with Gasteiger partial charge < -0.3 is 11.1 Å². The molecule has 0 aromatic heterocycles. The van der Waals surface area contributed by atoms with E-state index in [0.29, 0.717) is 0 Å².